The molecular weight excluding hydrogens is 308 g/mol. The van der Waals surface area contributed by atoms with Gasteiger partial charge >= 0.3 is 0 Å². The minimum absolute atomic E-state index is 0.289. The molecule has 0 spiro atoms. The Labute approximate surface area is 121 Å². The van der Waals surface area contributed by atoms with Crippen molar-refractivity contribution in [1.82, 2.24) is 4.90 Å². The summed E-state index contributed by atoms with van der Waals surface area (Å²) in [6.45, 7) is 1.53. The Morgan fingerprint density at radius 2 is 2.06 bits per heavy atom. The van der Waals surface area contributed by atoms with Crippen LogP contribution in [0, 0.1) is 0 Å². The second kappa shape index (κ2) is 6.48. The zero-order valence-electron chi connectivity index (χ0n) is 10.3. The van der Waals surface area contributed by atoms with Crippen LogP contribution < -0.4 is 5.73 Å². The van der Waals surface area contributed by atoms with Gasteiger partial charge in [-0.15, -0.1) is 11.3 Å². The molecule has 1 heterocycles. The molecule has 0 bridgehead atoms. The van der Waals surface area contributed by atoms with Gasteiger partial charge in [0.15, 0.2) is 0 Å². The first-order chi connectivity index (χ1) is 8.72. The topological polar surface area (TPSA) is 29.3 Å². The highest BCUT2D eigenvalue weighted by Crippen LogP contribution is 2.26. The van der Waals surface area contributed by atoms with Crippen LogP contribution in [0.25, 0.3) is 0 Å². The molecular formula is C14H17BrN2S. The van der Waals surface area contributed by atoms with Gasteiger partial charge in [-0.05, 0) is 30.1 Å². The van der Waals surface area contributed by atoms with Crippen molar-refractivity contribution in [2.24, 2.45) is 5.73 Å². The van der Waals surface area contributed by atoms with Crippen LogP contribution in [0.2, 0.25) is 0 Å². The fraction of sp³-hybridized carbons (Fsp3) is 0.286. The average Bonchev–Trinajstić information content (AvgIpc) is 2.87. The van der Waals surface area contributed by atoms with Crippen LogP contribution >= 0.6 is 27.3 Å². The number of rotatable bonds is 5. The first-order valence-electron chi connectivity index (χ1n) is 5.89. The fourth-order valence-corrected chi connectivity index (χ4v) is 3.31. The van der Waals surface area contributed by atoms with E-state index in [0.717, 1.165) is 11.0 Å². The summed E-state index contributed by atoms with van der Waals surface area (Å²) in [5, 5.41) is 2.10. The van der Waals surface area contributed by atoms with Gasteiger partial charge in [-0.2, -0.15) is 0 Å². The quantitative estimate of drug-likeness (QED) is 0.909. The van der Waals surface area contributed by atoms with Gasteiger partial charge in [0.2, 0.25) is 0 Å². The maximum absolute atomic E-state index is 5.91. The molecule has 96 valence electrons. The summed E-state index contributed by atoms with van der Waals surface area (Å²) >= 11 is 5.35. The molecule has 2 N–H and O–H groups in total. The van der Waals surface area contributed by atoms with Gasteiger partial charge in [0, 0.05) is 22.4 Å². The van der Waals surface area contributed by atoms with Gasteiger partial charge in [0.25, 0.3) is 0 Å². The Balaban J connectivity index is 2.11. The highest BCUT2D eigenvalue weighted by Gasteiger charge is 2.17. The number of hydrogen-bond donors (Lipinski definition) is 1. The Morgan fingerprint density at radius 1 is 1.28 bits per heavy atom. The SMILES string of the molecule is CN(Cc1ccccc1Br)C(CN)c1cccs1. The van der Waals surface area contributed by atoms with Gasteiger partial charge < -0.3 is 5.73 Å². The van der Waals surface area contributed by atoms with Crippen molar-refractivity contribution in [1.29, 1.82) is 0 Å². The largest absolute Gasteiger partial charge is 0.329 e. The van der Waals surface area contributed by atoms with E-state index in [1.165, 1.54) is 10.4 Å². The Hall–Kier alpha value is -0.680. The lowest BCUT2D eigenvalue weighted by molar-refractivity contribution is 0.245. The van der Waals surface area contributed by atoms with Crippen LogP contribution in [0.5, 0.6) is 0 Å². The Kier molecular flexibility index (Phi) is 4.95. The Bertz CT molecular complexity index is 484. The summed E-state index contributed by atoms with van der Waals surface area (Å²) in [4.78, 5) is 3.62. The standard InChI is InChI=1S/C14H17BrN2S/c1-17(10-11-5-2-3-6-12(11)15)13(9-16)14-7-4-8-18-14/h2-8,13H,9-10,16H2,1H3. The van der Waals surface area contributed by atoms with Gasteiger partial charge in [-0.3, -0.25) is 4.90 Å². The van der Waals surface area contributed by atoms with Crippen LogP contribution in [-0.4, -0.2) is 18.5 Å². The number of nitrogens with two attached hydrogens (primary N) is 1. The molecule has 0 aliphatic heterocycles. The van der Waals surface area contributed by atoms with Gasteiger partial charge in [0.05, 0.1) is 6.04 Å². The highest BCUT2D eigenvalue weighted by atomic mass is 79.9. The third kappa shape index (κ3) is 3.20. The third-order valence-corrected chi connectivity index (χ3v) is 4.75. The zero-order valence-corrected chi connectivity index (χ0v) is 12.7. The van der Waals surface area contributed by atoms with Crippen molar-refractivity contribution in [3.8, 4) is 0 Å². The number of benzene rings is 1. The monoisotopic (exact) mass is 324 g/mol. The van der Waals surface area contributed by atoms with E-state index in [9.17, 15) is 0 Å². The maximum Gasteiger partial charge on any atom is 0.0564 e. The summed E-state index contributed by atoms with van der Waals surface area (Å²) in [6.07, 6.45) is 0. The predicted octanol–water partition coefficient (Wildman–Crippen LogP) is 3.64. The molecule has 4 heteroatoms. The predicted molar refractivity (Wildman–Crippen MR) is 81.7 cm³/mol. The van der Waals surface area contributed by atoms with Crippen LogP contribution in [-0.2, 0) is 6.54 Å². The van der Waals surface area contributed by atoms with Crippen LogP contribution in [0.1, 0.15) is 16.5 Å². The molecule has 0 radical (unpaired) electrons. The molecule has 0 saturated carbocycles. The smallest absolute Gasteiger partial charge is 0.0564 e. The van der Waals surface area contributed by atoms with Crippen LogP contribution in [0.3, 0.4) is 0 Å². The lowest BCUT2D eigenvalue weighted by Crippen LogP contribution is -2.29. The van der Waals surface area contributed by atoms with E-state index in [0.29, 0.717) is 6.54 Å². The normalized spacial score (nSPS) is 12.9. The molecule has 1 aromatic carbocycles. The first kappa shape index (κ1) is 13.7. The highest BCUT2D eigenvalue weighted by molar-refractivity contribution is 9.10. The summed E-state index contributed by atoms with van der Waals surface area (Å²) in [6, 6.07) is 12.8. The molecule has 1 aromatic heterocycles. The summed E-state index contributed by atoms with van der Waals surface area (Å²) in [5.74, 6) is 0. The molecule has 1 atom stereocenters. The minimum Gasteiger partial charge on any atom is -0.329 e. The van der Waals surface area contributed by atoms with E-state index in [1.807, 2.05) is 6.07 Å². The summed E-state index contributed by atoms with van der Waals surface area (Å²) in [5.41, 5.74) is 7.20. The van der Waals surface area contributed by atoms with E-state index >= 15 is 0 Å². The summed E-state index contributed by atoms with van der Waals surface area (Å²) < 4.78 is 1.15. The van der Waals surface area contributed by atoms with E-state index in [1.54, 1.807) is 11.3 Å². The molecule has 1 unspecified atom stereocenters. The van der Waals surface area contributed by atoms with Crippen molar-refractivity contribution in [3.05, 3.63) is 56.7 Å². The number of likely N-dealkylation sites (N-methyl/N-ethyl adjacent to an activating group) is 1. The van der Waals surface area contributed by atoms with E-state index in [-0.39, 0.29) is 6.04 Å². The van der Waals surface area contributed by atoms with E-state index < -0.39 is 0 Å². The number of hydrogen-bond acceptors (Lipinski definition) is 3. The van der Waals surface area contributed by atoms with Crippen molar-refractivity contribution in [2.45, 2.75) is 12.6 Å². The average molecular weight is 325 g/mol. The fourth-order valence-electron chi connectivity index (χ4n) is 2.00. The second-order valence-corrected chi connectivity index (χ2v) is 6.11. The number of halogens is 1. The minimum atomic E-state index is 0.289. The van der Waals surface area contributed by atoms with Gasteiger partial charge in [-0.25, -0.2) is 0 Å². The van der Waals surface area contributed by atoms with E-state index in [2.05, 4.69) is 63.6 Å². The van der Waals surface area contributed by atoms with Crippen LogP contribution in [0.4, 0.5) is 0 Å². The molecule has 18 heavy (non-hydrogen) atoms. The van der Waals surface area contributed by atoms with Crippen LogP contribution in [0.15, 0.2) is 46.3 Å². The van der Waals surface area contributed by atoms with Crippen molar-refractivity contribution in [3.63, 3.8) is 0 Å². The lowest BCUT2D eigenvalue weighted by atomic mass is 10.1. The number of nitrogens with zero attached hydrogens (tertiary/aromatic N) is 1. The Morgan fingerprint density at radius 3 is 2.67 bits per heavy atom. The third-order valence-electron chi connectivity index (χ3n) is 3.00. The maximum atomic E-state index is 5.91. The van der Waals surface area contributed by atoms with Gasteiger partial charge in [0.1, 0.15) is 0 Å². The van der Waals surface area contributed by atoms with Crippen molar-refractivity contribution >= 4 is 27.3 Å². The van der Waals surface area contributed by atoms with E-state index in [4.69, 9.17) is 5.73 Å². The molecule has 0 aliphatic rings. The molecule has 2 rings (SSSR count). The zero-order chi connectivity index (χ0) is 13.0. The van der Waals surface area contributed by atoms with Crippen molar-refractivity contribution in [2.75, 3.05) is 13.6 Å². The molecule has 2 nitrogen and oxygen atoms in total. The molecule has 0 amide bonds. The second-order valence-electron chi connectivity index (χ2n) is 4.27. The summed E-state index contributed by atoms with van der Waals surface area (Å²) in [7, 11) is 2.12. The number of thiophene rings is 1. The molecule has 2 aromatic rings. The molecule has 0 saturated heterocycles. The molecule has 0 aliphatic carbocycles. The van der Waals surface area contributed by atoms with Gasteiger partial charge in [-0.1, -0.05) is 40.2 Å². The molecule has 0 fully saturated rings. The lowest BCUT2D eigenvalue weighted by Gasteiger charge is -2.26. The first-order valence-corrected chi connectivity index (χ1v) is 7.56. The van der Waals surface area contributed by atoms with Crippen molar-refractivity contribution < 1.29 is 0 Å².